The van der Waals surface area contributed by atoms with Gasteiger partial charge in [-0.05, 0) is 6.07 Å². The maximum Gasteiger partial charge on any atom is 0.0828 e. The van der Waals surface area contributed by atoms with E-state index in [4.69, 9.17) is 16.3 Å². The second-order valence-corrected chi connectivity index (χ2v) is 4.25. The van der Waals surface area contributed by atoms with E-state index in [1.54, 1.807) is 11.3 Å². The summed E-state index contributed by atoms with van der Waals surface area (Å²) in [5.41, 5.74) is 0. The largest absolute Gasteiger partial charge is 0.370 e. The van der Waals surface area contributed by atoms with E-state index in [-0.39, 0.29) is 12.4 Å². The van der Waals surface area contributed by atoms with Crippen LogP contribution in [0.2, 0.25) is 5.02 Å². The molecule has 0 saturated carbocycles. The highest BCUT2D eigenvalue weighted by atomic mass is 35.5. The molecule has 0 aromatic carbocycles. The zero-order valence-electron chi connectivity index (χ0n) is 6.96. The lowest BCUT2D eigenvalue weighted by atomic mass is 10.2. The van der Waals surface area contributed by atoms with Crippen LogP contribution in [0.1, 0.15) is 4.88 Å². The third kappa shape index (κ3) is 3.11. The average molecular weight is 240 g/mol. The summed E-state index contributed by atoms with van der Waals surface area (Å²) in [6, 6.07) is 1.96. The molecule has 1 aromatic rings. The summed E-state index contributed by atoms with van der Waals surface area (Å²) in [7, 11) is 0. The van der Waals surface area contributed by atoms with Crippen molar-refractivity contribution in [3.8, 4) is 0 Å². The first kappa shape index (κ1) is 11.3. The fraction of sp³-hybridized carbons (Fsp3) is 0.500. The Balaban J connectivity index is 0.000000845. The van der Waals surface area contributed by atoms with Crippen LogP contribution in [0.4, 0.5) is 0 Å². The first-order valence-corrected chi connectivity index (χ1v) is 5.15. The van der Waals surface area contributed by atoms with E-state index in [1.165, 1.54) is 4.88 Å². The summed E-state index contributed by atoms with van der Waals surface area (Å²) in [5.74, 6) is 0. The molecular weight excluding hydrogens is 229 g/mol. The molecule has 1 fully saturated rings. The maximum atomic E-state index is 5.77. The van der Waals surface area contributed by atoms with Gasteiger partial charge < -0.3 is 10.1 Å². The molecule has 1 saturated heterocycles. The van der Waals surface area contributed by atoms with Gasteiger partial charge in [0.05, 0.1) is 17.7 Å². The van der Waals surface area contributed by atoms with Crippen molar-refractivity contribution in [2.75, 3.05) is 13.1 Å². The molecule has 0 bridgehead atoms. The smallest absolute Gasteiger partial charge is 0.0828 e. The van der Waals surface area contributed by atoms with E-state index in [9.17, 15) is 0 Å². The molecule has 0 atom stereocenters. The summed E-state index contributed by atoms with van der Waals surface area (Å²) in [6.07, 6.45) is 0.408. The van der Waals surface area contributed by atoms with E-state index in [0.29, 0.717) is 12.7 Å². The van der Waals surface area contributed by atoms with Crippen LogP contribution in [0.15, 0.2) is 11.4 Å². The molecule has 74 valence electrons. The second-order valence-electron chi connectivity index (χ2n) is 2.82. The van der Waals surface area contributed by atoms with Crippen molar-refractivity contribution < 1.29 is 4.74 Å². The minimum atomic E-state index is 0. The molecule has 1 aliphatic rings. The van der Waals surface area contributed by atoms with E-state index < -0.39 is 0 Å². The van der Waals surface area contributed by atoms with Crippen LogP contribution in [-0.4, -0.2) is 19.2 Å². The third-order valence-electron chi connectivity index (χ3n) is 1.83. The molecule has 2 heterocycles. The van der Waals surface area contributed by atoms with Crippen LogP contribution in [0.25, 0.3) is 0 Å². The summed E-state index contributed by atoms with van der Waals surface area (Å²) >= 11 is 7.41. The monoisotopic (exact) mass is 239 g/mol. The van der Waals surface area contributed by atoms with Crippen LogP contribution >= 0.6 is 35.3 Å². The molecule has 1 aliphatic heterocycles. The van der Waals surface area contributed by atoms with Gasteiger partial charge in [-0.3, -0.25) is 0 Å². The molecule has 0 aliphatic carbocycles. The summed E-state index contributed by atoms with van der Waals surface area (Å²) in [5, 5.41) is 5.90. The van der Waals surface area contributed by atoms with Crippen LogP contribution in [0.5, 0.6) is 0 Å². The second kappa shape index (κ2) is 5.17. The molecule has 13 heavy (non-hydrogen) atoms. The van der Waals surface area contributed by atoms with Crippen molar-refractivity contribution in [3.05, 3.63) is 21.3 Å². The lowest BCUT2D eigenvalue weighted by Crippen LogP contribution is -2.48. The van der Waals surface area contributed by atoms with Crippen molar-refractivity contribution in [1.29, 1.82) is 0 Å². The fourth-order valence-corrected chi connectivity index (χ4v) is 2.00. The van der Waals surface area contributed by atoms with Gasteiger partial charge in [0.1, 0.15) is 0 Å². The van der Waals surface area contributed by atoms with Crippen LogP contribution < -0.4 is 5.32 Å². The SMILES string of the molecule is Cl.Clc1csc(COC2CNC2)c1. The van der Waals surface area contributed by atoms with Crippen LogP contribution in [0, 0.1) is 0 Å². The van der Waals surface area contributed by atoms with Crippen molar-refractivity contribution in [3.63, 3.8) is 0 Å². The topological polar surface area (TPSA) is 21.3 Å². The molecule has 0 unspecified atom stereocenters. The maximum absolute atomic E-state index is 5.77. The third-order valence-corrected chi connectivity index (χ3v) is 3.08. The van der Waals surface area contributed by atoms with Crippen LogP contribution in [-0.2, 0) is 11.3 Å². The molecule has 0 spiro atoms. The van der Waals surface area contributed by atoms with Gasteiger partial charge in [0.25, 0.3) is 0 Å². The first-order valence-electron chi connectivity index (χ1n) is 3.90. The molecule has 1 N–H and O–H groups in total. The lowest BCUT2D eigenvalue weighted by Gasteiger charge is -2.26. The molecule has 2 nitrogen and oxygen atoms in total. The van der Waals surface area contributed by atoms with Gasteiger partial charge in [-0.1, -0.05) is 11.6 Å². The fourth-order valence-electron chi connectivity index (χ4n) is 1.01. The van der Waals surface area contributed by atoms with E-state index in [0.717, 1.165) is 18.1 Å². The Bertz CT molecular complexity index is 262. The number of hydrogen-bond donors (Lipinski definition) is 1. The summed E-state index contributed by atoms with van der Waals surface area (Å²) < 4.78 is 5.57. The van der Waals surface area contributed by atoms with E-state index >= 15 is 0 Å². The Morgan fingerprint density at radius 1 is 1.62 bits per heavy atom. The molecular formula is C8H11Cl2NOS. The number of ether oxygens (including phenoxy) is 1. The van der Waals surface area contributed by atoms with Gasteiger partial charge in [0, 0.05) is 23.3 Å². The van der Waals surface area contributed by atoms with Crippen LogP contribution in [0.3, 0.4) is 0 Å². The van der Waals surface area contributed by atoms with Gasteiger partial charge >= 0.3 is 0 Å². The van der Waals surface area contributed by atoms with E-state index in [1.807, 2.05) is 11.4 Å². The highest BCUT2D eigenvalue weighted by molar-refractivity contribution is 7.10. The molecule has 2 rings (SSSR count). The van der Waals surface area contributed by atoms with Crippen molar-refractivity contribution >= 4 is 35.3 Å². The van der Waals surface area contributed by atoms with Gasteiger partial charge in [0.2, 0.25) is 0 Å². The standard InChI is InChI=1S/C8H10ClNOS.ClH/c9-6-1-8(12-5-6)4-11-7-2-10-3-7;/h1,5,7,10H,2-4H2;1H. The predicted molar refractivity (Wildman–Crippen MR) is 58.0 cm³/mol. The number of rotatable bonds is 3. The predicted octanol–water partition coefficient (Wildman–Crippen LogP) is 2.31. The Morgan fingerprint density at radius 2 is 2.38 bits per heavy atom. The minimum absolute atomic E-state index is 0. The summed E-state index contributed by atoms with van der Waals surface area (Å²) in [4.78, 5) is 1.20. The molecule has 0 radical (unpaired) electrons. The zero-order valence-corrected chi connectivity index (χ0v) is 9.35. The number of halogens is 2. The first-order chi connectivity index (χ1) is 5.84. The van der Waals surface area contributed by atoms with Crippen molar-refractivity contribution in [2.24, 2.45) is 0 Å². The number of hydrogen-bond acceptors (Lipinski definition) is 3. The van der Waals surface area contributed by atoms with Gasteiger partial charge in [-0.2, -0.15) is 0 Å². The quantitative estimate of drug-likeness (QED) is 0.875. The zero-order chi connectivity index (χ0) is 8.39. The minimum Gasteiger partial charge on any atom is -0.370 e. The Labute approximate surface area is 92.6 Å². The van der Waals surface area contributed by atoms with Gasteiger partial charge in [-0.15, -0.1) is 23.7 Å². The summed E-state index contributed by atoms with van der Waals surface area (Å²) in [6.45, 7) is 2.67. The Morgan fingerprint density at radius 3 is 2.85 bits per heavy atom. The number of thiophene rings is 1. The Hall–Kier alpha value is 0.200. The average Bonchev–Trinajstić information content (AvgIpc) is 2.32. The number of nitrogens with one attached hydrogen (secondary N) is 1. The lowest BCUT2D eigenvalue weighted by molar-refractivity contribution is 0.00888. The normalized spacial score (nSPS) is 16.4. The van der Waals surface area contributed by atoms with Gasteiger partial charge in [0.15, 0.2) is 0 Å². The van der Waals surface area contributed by atoms with Crippen molar-refractivity contribution in [2.45, 2.75) is 12.7 Å². The highest BCUT2D eigenvalue weighted by Crippen LogP contribution is 2.20. The van der Waals surface area contributed by atoms with Crippen molar-refractivity contribution in [1.82, 2.24) is 5.32 Å². The Kier molecular flexibility index (Phi) is 4.49. The van der Waals surface area contributed by atoms with Gasteiger partial charge in [-0.25, -0.2) is 0 Å². The molecule has 1 aromatic heterocycles. The highest BCUT2D eigenvalue weighted by Gasteiger charge is 2.16. The molecule has 0 amide bonds. The van der Waals surface area contributed by atoms with E-state index in [2.05, 4.69) is 5.32 Å². The molecule has 5 heteroatoms.